The van der Waals surface area contributed by atoms with Crippen molar-refractivity contribution in [2.75, 3.05) is 6.54 Å². The standard InChI is InChI=1S/C11H17BN2O3/c1-7(2)10-6-14(8(3)15)11(12(16)17)9(10)4-5-13/h9-11,16-17H,1,4,6H2,2-3H3/t9-,10+,11-/m0/s1. The number of hydrogen-bond acceptors (Lipinski definition) is 4. The number of carbonyl (C=O) groups is 1. The molecule has 92 valence electrons. The van der Waals surface area contributed by atoms with Crippen LogP contribution in [0.1, 0.15) is 20.3 Å². The fraction of sp³-hybridized carbons (Fsp3) is 0.636. The van der Waals surface area contributed by atoms with E-state index in [1.54, 1.807) is 0 Å². The maximum atomic E-state index is 11.5. The summed E-state index contributed by atoms with van der Waals surface area (Å²) in [5.41, 5.74) is 0.861. The van der Waals surface area contributed by atoms with Gasteiger partial charge in [0.05, 0.1) is 12.0 Å². The van der Waals surface area contributed by atoms with Gasteiger partial charge in [-0.05, 0) is 12.8 Å². The van der Waals surface area contributed by atoms with Gasteiger partial charge in [-0.1, -0.05) is 12.2 Å². The zero-order valence-electron chi connectivity index (χ0n) is 10.1. The van der Waals surface area contributed by atoms with Crippen LogP contribution in [0.2, 0.25) is 0 Å². The van der Waals surface area contributed by atoms with Gasteiger partial charge in [-0.15, -0.1) is 0 Å². The summed E-state index contributed by atoms with van der Waals surface area (Å²) in [4.78, 5) is 12.9. The van der Waals surface area contributed by atoms with Gasteiger partial charge in [-0.2, -0.15) is 5.26 Å². The van der Waals surface area contributed by atoms with Gasteiger partial charge in [-0.25, -0.2) is 0 Å². The van der Waals surface area contributed by atoms with Crippen molar-refractivity contribution >= 4 is 13.0 Å². The number of likely N-dealkylation sites (tertiary alicyclic amines) is 1. The summed E-state index contributed by atoms with van der Waals surface area (Å²) in [5, 5.41) is 27.6. The molecule has 1 aliphatic rings. The summed E-state index contributed by atoms with van der Waals surface area (Å²) in [6.45, 7) is 7.47. The Bertz CT molecular complexity index is 364. The molecule has 1 rings (SSSR count). The van der Waals surface area contributed by atoms with Crippen LogP contribution >= 0.6 is 0 Å². The summed E-state index contributed by atoms with van der Waals surface area (Å²) >= 11 is 0. The number of amides is 1. The predicted octanol–water partition coefficient (Wildman–Crippen LogP) is -0.0487. The Balaban J connectivity index is 3.04. The van der Waals surface area contributed by atoms with Gasteiger partial charge in [0.25, 0.3) is 0 Å². The van der Waals surface area contributed by atoms with Gasteiger partial charge >= 0.3 is 7.12 Å². The second-order valence-electron chi connectivity index (χ2n) is 4.55. The minimum Gasteiger partial charge on any atom is -0.426 e. The Hall–Kier alpha value is -1.32. The molecule has 0 aromatic rings. The quantitative estimate of drug-likeness (QED) is 0.531. The molecule has 1 aliphatic heterocycles. The third kappa shape index (κ3) is 2.68. The van der Waals surface area contributed by atoms with Gasteiger partial charge < -0.3 is 14.9 Å². The molecule has 6 heteroatoms. The molecule has 0 aromatic heterocycles. The molecule has 0 spiro atoms. The third-order valence-electron chi connectivity index (χ3n) is 3.38. The number of nitrogens with zero attached hydrogens (tertiary/aromatic N) is 2. The van der Waals surface area contributed by atoms with Crippen molar-refractivity contribution in [3.8, 4) is 6.07 Å². The van der Waals surface area contributed by atoms with Crippen LogP contribution in [0.25, 0.3) is 0 Å². The molecular weight excluding hydrogens is 219 g/mol. The summed E-state index contributed by atoms with van der Waals surface area (Å²) in [7, 11) is -1.62. The number of carbonyl (C=O) groups excluding carboxylic acids is 1. The first-order chi connectivity index (χ1) is 7.90. The first-order valence-corrected chi connectivity index (χ1v) is 5.55. The number of nitriles is 1. The average Bonchev–Trinajstić information content (AvgIpc) is 2.57. The van der Waals surface area contributed by atoms with Gasteiger partial charge in [0.1, 0.15) is 0 Å². The van der Waals surface area contributed by atoms with Crippen molar-refractivity contribution in [3.05, 3.63) is 12.2 Å². The Kier molecular flexibility index (Phi) is 4.32. The first-order valence-electron chi connectivity index (χ1n) is 5.55. The molecule has 3 atom stereocenters. The molecule has 0 saturated carbocycles. The summed E-state index contributed by atoms with van der Waals surface area (Å²) in [5.74, 6) is -1.24. The monoisotopic (exact) mass is 236 g/mol. The van der Waals surface area contributed by atoms with Crippen LogP contribution in [-0.4, -0.2) is 40.5 Å². The SMILES string of the molecule is C=C(C)[C@H]1CN(C(C)=O)[C@H](B(O)O)[C@H]1CC#N. The van der Waals surface area contributed by atoms with E-state index in [9.17, 15) is 14.8 Å². The van der Waals surface area contributed by atoms with E-state index in [1.165, 1.54) is 11.8 Å². The topological polar surface area (TPSA) is 84.6 Å². The lowest BCUT2D eigenvalue weighted by atomic mass is 9.68. The second-order valence-corrected chi connectivity index (χ2v) is 4.55. The highest BCUT2D eigenvalue weighted by atomic mass is 16.4. The highest BCUT2D eigenvalue weighted by Gasteiger charge is 2.48. The van der Waals surface area contributed by atoms with Crippen LogP contribution in [0.15, 0.2) is 12.2 Å². The van der Waals surface area contributed by atoms with Crippen molar-refractivity contribution in [2.45, 2.75) is 26.2 Å². The zero-order valence-corrected chi connectivity index (χ0v) is 10.1. The zero-order chi connectivity index (χ0) is 13.2. The smallest absolute Gasteiger partial charge is 0.426 e. The van der Waals surface area contributed by atoms with Crippen LogP contribution < -0.4 is 0 Å². The predicted molar refractivity (Wildman–Crippen MR) is 63.4 cm³/mol. The van der Waals surface area contributed by atoms with Crippen LogP contribution in [-0.2, 0) is 4.79 Å². The van der Waals surface area contributed by atoms with Crippen LogP contribution in [0, 0.1) is 23.2 Å². The molecule has 1 amide bonds. The van der Waals surface area contributed by atoms with Crippen LogP contribution in [0.4, 0.5) is 0 Å². The van der Waals surface area contributed by atoms with Crippen molar-refractivity contribution in [1.29, 1.82) is 5.26 Å². The minimum atomic E-state index is -1.62. The number of hydrogen-bond donors (Lipinski definition) is 2. The molecule has 0 bridgehead atoms. The maximum absolute atomic E-state index is 11.5. The minimum absolute atomic E-state index is 0.0506. The Morgan fingerprint density at radius 3 is 2.53 bits per heavy atom. The lowest BCUT2D eigenvalue weighted by Gasteiger charge is -2.25. The van der Waals surface area contributed by atoms with Gasteiger partial charge in [-0.3, -0.25) is 4.79 Å². The van der Waals surface area contributed by atoms with Gasteiger partial charge in [0, 0.05) is 25.8 Å². The van der Waals surface area contributed by atoms with Crippen LogP contribution in [0.3, 0.4) is 0 Å². The molecule has 2 N–H and O–H groups in total. The van der Waals surface area contributed by atoms with Crippen LogP contribution in [0.5, 0.6) is 0 Å². The van der Waals surface area contributed by atoms with Gasteiger partial charge in [0.15, 0.2) is 0 Å². The van der Waals surface area contributed by atoms with E-state index in [-0.39, 0.29) is 24.2 Å². The van der Waals surface area contributed by atoms with E-state index in [0.29, 0.717) is 6.54 Å². The van der Waals surface area contributed by atoms with E-state index in [2.05, 4.69) is 6.58 Å². The molecule has 5 nitrogen and oxygen atoms in total. The molecule has 17 heavy (non-hydrogen) atoms. The van der Waals surface area contributed by atoms with Crippen molar-refractivity contribution in [2.24, 2.45) is 11.8 Å². The Morgan fingerprint density at radius 1 is 1.59 bits per heavy atom. The Labute approximate surface area is 101 Å². The molecule has 1 heterocycles. The van der Waals surface area contributed by atoms with Crippen molar-refractivity contribution in [3.63, 3.8) is 0 Å². The summed E-state index contributed by atoms with van der Waals surface area (Å²) < 4.78 is 0. The fourth-order valence-electron chi connectivity index (χ4n) is 2.55. The first kappa shape index (κ1) is 13.7. The normalized spacial score (nSPS) is 27.7. The lowest BCUT2D eigenvalue weighted by Crippen LogP contribution is -2.47. The van der Waals surface area contributed by atoms with Gasteiger partial charge in [0.2, 0.25) is 5.91 Å². The van der Waals surface area contributed by atoms with Crippen molar-refractivity contribution < 1.29 is 14.8 Å². The Morgan fingerprint density at radius 2 is 2.18 bits per heavy atom. The van der Waals surface area contributed by atoms with E-state index in [0.717, 1.165) is 5.57 Å². The highest BCUT2D eigenvalue weighted by molar-refractivity contribution is 6.43. The van der Waals surface area contributed by atoms with E-state index < -0.39 is 13.1 Å². The fourth-order valence-corrected chi connectivity index (χ4v) is 2.55. The number of rotatable bonds is 3. The molecule has 0 unspecified atom stereocenters. The third-order valence-corrected chi connectivity index (χ3v) is 3.38. The van der Waals surface area contributed by atoms with Crippen molar-refractivity contribution in [1.82, 2.24) is 4.90 Å². The second kappa shape index (κ2) is 5.34. The summed E-state index contributed by atoms with van der Waals surface area (Å²) in [6.07, 6.45) is 0.184. The maximum Gasteiger partial charge on any atom is 0.476 e. The highest BCUT2D eigenvalue weighted by Crippen LogP contribution is 2.36. The lowest BCUT2D eigenvalue weighted by molar-refractivity contribution is -0.129. The molecule has 0 radical (unpaired) electrons. The van der Waals surface area contributed by atoms with E-state index in [1.807, 2.05) is 13.0 Å². The molecule has 1 saturated heterocycles. The average molecular weight is 236 g/mol. The molecule has 0 aromatic carbocycles. The largest absolute Gasteiger partial charge is 0.476 e. The molecular formula is C11H17BN2O3. The van der Waals surface area contributed by atoms with E-state index >= 15 is 0 Å². The van der Waals surface area contributed by atoms with E-state index in [4.69, 9.17) is 5.26 Å². The molecule has 0 aliphatic carbocycles. The molecule has 1 fully saturated rings. The summed E-state index contributed by atoms with van der Waals surface area (Å²) in [6, 6.07) is 2.04.